The fraction of sp³-hybridized carbons (Fsp3) is 0.400. The van der Waals surface area contributed by atoms with E-state index >= 15 is 0 Å². The lowest BCUT2D eigenvalue weighted by atomic mass is 10.1. The van der Waals surface area contributed by atoms with E-state index in [1.165, 1.54) is 27.4 Å². The molecule has 2 aromatic rings. The van der Waals surface area contributed by atoms with Gasteiger partial charge >= 0.3 is 0 Å². The maximum atomic E-state index is 11.8. The van der Waals surface area contributed by atoms with Gasteiger partial charge in [-0.05, 0) is 43.5 Å². The lowest BCUT2D eigenvalue weighted by Crippen LogP contribution is -2.11. The molecule has 1 amide bonds. The zero-order valence-electron chi connectivity index (χ0n) is 12.5. The van der Waals surface area contributed by atoms with Gasteiger partial charge in [0.25, 0.3) is 0 Å². The van der Waals surface area contributed by atoms with Crippen LogP contribution in [0.4, 0.5) is 5.13 Å². The molecule has 0 aliphatic carbocycles. The molecule has 1 N–H and O–H groups in total. The van der Waals surface area contributed by atoms with Crippen molar-refractivity contribution in [2.45, 2.75) is 38.5 Å². The highest BCUT2D eigenvalue weighted by Gasteiger charge is 2.07. The highest BCUT2D eigenvalue weighted by atomic mass is 32.2. The van der Waals surface area contributed by atoms with Crippen LogP contribution in [0.2, 0.25) is 0 Å². The largest absolute Gasteiger partial charge is 0.301 e. The first-order chi connectivity index (χ1) is 10.1. The van der Waals surface area contributed by atoms with Crippen LogP contribution in [0.5, 0.6) is 0 Å². The van der Waals surface area contributed by atoms with Gasteiger partial charge in [0.05, 0.1) is 0 Å². The summed E-state index contributed by atoms with van der Waals surface area (Å²) in [5, 5.41) is 12.3. The molecule has 0 spiro atoms. The molecule has 0 radical (unpaired) electrons. The second-order valence-electron chi connectivity index (χ2n) is 4.75. The number of hydrogen-bond acceptors (Lipinski definition) is 5. The predicted octanol–water partition coefficient (Wildman–Crippen LogP) is 3.84. The summed E-state index contributed by atoms with van der Waals surface area (Å²) in [5.41, 5.74) is 2.57. The van der Waals surface area contributed by atoms with Crippen molar-refractivity contribution in [3.8, 4) is 0 Å². The Labute approximate surface area is 133 Å². The molecule has 4 nitrogen and oxygen atoms in total. The molecule has 1 heterocycles. The summed E-state index contributed by atoms with van der Waals surface area (Å²) in [6, 6.07) is 6.38. The summed E-state index contributed by atoms with van der Waals surface area (Å²) in [4.78, 5) is 13.0. The zero-order valence-corrected chi connectivity index (χ0v) is 14.1. The highest BCUT2D eigenvalue weighted by Crippen LogP contribution is 2.22. The summed E-state index contributed by atoms with van der Waals surface area (Å²) in [7, 11) is 0. The second kappa shape index (κ2) is 7.56. The Morgan fingerprint density at radius 2 is 2.10 bits per heavy atom. The van der Waals surface area contributed by atoms with Gasteiger partial charge in [-0.25, -0.2) is 0 Å². The van der Waals surface area contributed by atoms with E-state index in [2.05, 4.69) is 47.6 Å². The number of nitrogens with zero attached hydrogens (tertiary/aromatic N) is 2. The van der Waals surface area contributed by atoms with E-state index in [0.717, 1.165) is 17.2 Å². The lowest BCUT2D eigenvalue weighted by Gasteiger charge is -2.05. The van der Waals surface area contributed by atoms with Crippen LogP contribution in [0.25, 0.3) is 0 Å². The van der Waals surface area contributed by atoms with Crippen LogP contribution in [0.1, 0.15) is 29.5 Å². The molecular formula is C15H19N3OS2. The van der Waals surface area contributed by atoms with Crippen molar-refractivity contribution >= 4 is 34.1 Å². The van der Waals surface area contributed by atoms with Crippen LogP contribution in [0.3, 0.4) is 0 Å². The topological polar surface area (TPSA) is 54.9 Å². The van der Waals surface area contributed by atoms with Gasteiger partial charge in [0.15, 0.2) is 0 Å². The Hall–Kier alpha value is -1.40. The van der Waals surface area contributed by atoms with Gasteiger partial charge in [-0.2, -0.15) is 0 Å². The van der Waals surface area contributed by atoms with Crippen LogP contribution >= 0.6 is 23.1 Å². The van der Waals surface area contributed by atoms with Crippen molar-refractivity contribution < 1.29 is 4.79 Å². The van der Waals surface area contributed by atoms with E-state index < -0.39 is 0 Å². The number of carbonyl (C=O) groups is 1. The summed E-state index contributed by atoms with van der Waals surface area (Å²) in [6.45, 7) is 6.23. The summed E-state index contributed by atoms with van der Waals surface area (Å²) in [6.07, 6.45) is 1.31. The Morgan fingerprint density at radius 3 is 2.76 bits per heavy atom. The van der Waals surface area contributed by atoms with E-state index in [9.17, 15) is 4.79 Å². The number of benzene rings is 1. The SMILES string of the molecule is CCc1nnc(NC(=O)CCSc2ccc(C)c(C)c2)s1. The third kappa shape index (κ3) is 4.82. The van der Waals surface area contributed by atoms with Gasteiger partial charge < -0.3 is 5.32 Å². The number of rotatable bonds is 6. The third-order valence-corrected chi connectivity index (χ3v) is 5.07. The van der Waals surface area contributed by atoms with Crippen LogP contribution in [0, 0.1) is 13.8 Å². The monoisotopic (exact) mass is 321 g/mol. The van der Waals surface area contributed by atoms with E-state index in [1.54, 1.807) is 11.8 Å². The molecule has 0 aliphatic rings. The Balaban J connectivity index is 1.77. The molecule has 0 unspecified atom stereocenters. The molecule has 2 rings (SSSR count). The van der Waals surface area contributed by atoms with Gasteiger partial charge in [0, 0.05) is 17.1 Å². The van der Waals surface area contributed by atoms with Gasteiger partial charge in [-0.3, -0.25) is 4.79 Å². The lowest BCUT2D eigenvalue weighted by molar-refractivity contribution is -0.115. The molecule has 1 aromatic carbocycles. The molecule has 0 saturated heterocycles. The van der Waals surface area contributed by atoms with Gasteiger partial charge in [0.2, 0.25) is 11.0 Å². The fourth-order valence-electron chi connectivity index (χ4n) is 1.69. The van der Waals surface area contributed by atoms with E-state index in [-0.39, 0.29) is 5.91 Å². The average molecular weight is 321 g/mol. The minimum absolute atomic E-state index is 0.00913. The van der Waals surface area contributed by atoms with Crippen molar-refractivity contribution in [2.75, 3.05) is 11.1 Å². The fourth-order valence-corrected chi connectivity index (χ4v) is 3.34. The van der Waals surface area contributed by atoms with Crippen molar-refractivity contribution in [2.24, 2.45) is 0 Å². The summed E-state index contributed by atoms with van der Waals surface area (Å²) < 4.78 is 0. The third-order valence-electron chi connectivity index (χ3n) is 3.09. The van der Waals surface area contributed by atoms with E-state index in [4.69, 9.17) is 0 Å². The molecule has 0 fully saturated rings. The molecule has 0 atom stereocenters. The first kappa shape index (κ1) is 16.0. The molecule has 0 bridgehead atoms. The number of thioether (sulfide) groups is 1. The maximum Gasteiger partial charge on any atom is 0.227 e. The van der Waals surface area contributed by atoms with Crippen molar-refractivity contribution in [3.63, 3.8) is 0 Å². The Kier molecular flexibility index (Phi) is 5.76. The minimum atomic E-state index is -0.00913. The normalized spacial score (nSPS) is 10.6. The number of carbonyl (C=O) groups excluding carboxylic acids is 1. The summed E-state index contributed by atoms with van der Waals surface area (Å²) in [5.74, 6) is 0.749. The van der Waals surface area contributed by atoms with Gasteiger partial charge in [-0.15, -0.1) is 22.0 Å². The Bertz CT molecular complexity index is 625. The minimum Gasteiger partial charge on any atom is -0.301 e. The Morgan fingerprint density at radius 1 is 1.29 bits per heavy atom. The molecule has 0 saturated carbocycles. The van der Waals surface area contributed by atoms with Crippen LogP contribution < -0.4 is 5.32 Å². The predicted molar refractivity (Wildman–Crippen MR) is 89.2 cm³/mol. The molecule has 112 valence electrons. The van der Waals surface area contributed by atoms with Crippen molar-refractivity contribution in [1.29, 1.82) is 0 Å². The van der Waals surface area contributed by atoms with Gasteiger partial charge in [0.1, 0.15) is 5.01 Å². The molecule has 6 heteroatoms. The van der Waals surface area contributed by atoms with Crippen molar-refractivity contribution in [3.05, 3.63) is 34.3 Å². The molecule has 21 heavy (non-hydrogen) atoms. The maximum absolute atomic E-state index is 11.8. The number of anilines is 1. The molecule has 0 aliphatic heterocycles. The first-order valence-corrected chi connectivity index (χ1v) is 8.71. The van der Waals surface area contributed by atoms with Crippen LogP contribution in [0.15, 0.2) is 23.1 Å². The van der Waals surface area contributed by atoms with E-state index in [1.807, 2.05) is 6.92 Å². The number of aromatic nitrogens is 2. The summed E-state index contributed by atoms with van der Waals surface area (Å²) >= 11 is 3.13. The standard InChI is InChI=1S/C15H19N3OS2/c1-4-14-17-18-15(21-14)16-13(19)7-8-20-12-6-5-10(2)11(3)9-12/h5-6,9H,4,7-8H2,1-3H3,(H,16,18,19). The molecule has 1 aromatic heterocycles. The van der Waals surface area contributed by atoms with Crippen LogP contribution in [-0.2, 0) is 11.2 Å². The highest BCUT2D eigenvalue weighted by molar-refractivity contribution is 7.99. The number of nitrogens with one attached hydrogen (secondary N) is 1. The van der Waals surface area contributed by atoms with Crippen molar-refractivity contribution in [1.82, 2.24) is 10.2 Å². The first-order valence-electron chi connectivity index (χ1n) is 6.90. The zero-order chi connectivity index (χ0) is 15.2. The van der Waals surface area contributed by atoms with Gasteiger partial charge in [-0.1, -0.05) is 24.3 Å². The van der Waals surface area contributed by atoms with Crippen LogP contribution in [-0.4, -0.2) is 21.9 Å². The number of hydrogen-bond donors (Lipinski definition) is 1. The van der Waals surface area contributed by atoms with E-state index in [0.29, 0.717) is 11.6 Å². The number of amides is 1. The quantitative estimate of drug-likeness (QED) is 0.821. The molecular weight excluding hydrogens is 302 g/mol. The second-order valence-corrected chi connectivity index (χ2v) is 6.98. The smallest absolute Gasteiger partial charge is 0.227 e. The average Bonchev–Trinajstić information content (AvgIpc) is 2.90. The number of aryl methyl sites for hydroxylation is 3.